The van der Waals surface area contributed by atoms with E-state index in [2.05, 4.69) is 4.40 Å². The quantitative estimate of drug-likeness (QED) is 0.668. The van der Waals surface area contributed by atoms with Crippen molar-refractivity contribution in [1.82, 2.24) is 0 Å². The van der Waals surface area contributed by atoms with Gasteiger partial charge in [-0.3, -0.25) is 4.79 Å². The summed E-state index contributed by atoms with van der Waals surface area (Å²) in [5.41, 5.74) is 1.85. The van der Waals surface area contributed by atoms with Crippen LogP contribution in [0.15, 0.2) is 34.7 Å². The minimum absolute atomic E-state index is 0.175. The Kier molecular flexibility index (Phi) is 2.45. The number of carbonyl (C=O) groups excluding carboxylic acids is 1. The zero-order valence-corrected chi connectivity index (χ0v) is 7.88. The third kappa shape index (κ3) is 1.98. The van der Waals surface area contributed by atoms with Gasteiger partial charge >= 0.3 is 0 Å². The lowest BCUT2D eigenvalue weighted by Gasteiger charge is -1.97. The topological polar surface area (TPSA) is 29.4 Å². The summed E-state index contributed by atoms with van der Waals surface area (Å²) in [5, 5.41) is 0. The van der Waals surface area contributed by atoms with Gasteiger partial charge in [-0.25, -0.2) is 4.40 Å². The summed E-state index contributed by atoms with van der Waals surface area (Å²) < 4.78 is 4.10. The molecule has 0 unspecified atom stereocenters. The van der Waals surface area contributed by atoms with Crippen LogP contribution >= 0.6 is 11.9 Å². The van der Waals surface area contributed by atoms with Gasteiger partial charge in [0, 0.05) is 6.42 Å². The third-order valence-corrected chi connectivity index (χ3v) is 2.65. The molecule has 3 heteroatoms. The standard InChI is InChI=1S/C10H9NOS/c12-10-7-13-11-9(10)6-8-4-2-1-3-5-8/h1-5H,6-7H2. The molecule has 0 fully saturated rings. The molecular weight excluding hydrogens is 182 g/mol. The van der Waals surface area contributed by atoms with Gasteiger partial charge in [-0.15, -0.1) is 0 Å². The number of Topliss-reactive ketones (excluding diaryl/α,β-unsaturated/α-hetero) is 1. The zero-order chi connectivity index (χ0) is 9.10. The van der Waals surface area contributed by atoms with Crippen molar-refractivity contribution in [2.75, 3.05) is 5.75 Å². The normalized spacial score (nSPS) is 16.0. The van der Waals surface area contributed by atoms with E-state index in [0.29, 0.717) is 17.9 Å². The molecule has 1 aliphatic heterocycles. The van der Waals surface area contributed by atoms with E-state index >= 15 is 0 Å². The molecule has 1 heterocycles. The lowest BCUT2D eigenvalue weighted by Crippen LogP contribution is -2.13. The fourth-order valence-corrected chi connectivity index (χ4v) is 1.89. The first-order valence-electron chi connectivity index (χ1n) is 4.12. The number of rotatable bonds is 2. The van der Waals surface area contributed by atoms with Crippen LogP contribution in [0.5, 0.6) is 0 Å². The van der Waals surface area contributed by atoms with E-state index in [1.807, 2.05) is 30.3 Å². The summed E-state index contributed by atoms with van der Waals surface area (Å²) in [5.74, 6) is 0.691. The zero-order valence-electron chi connectivity index (χ0n) is 7.06. The van der Waals surface area contributed by atoms with Gasteiger partial charge in [-0.2, -0.15) is 0 Å². The lowest BCUT2D eigenvalue weighted by atomic mass is 10.1. The van der Waals surface area contributed by atoms with Gasteiger partial charge in [0.25, 0.3) is 0 Å². The first kappa shape index (κ1) is 8.51. The van der Waals surface area contributed by atoms with Crippen molar-refractivity contribution >= 4 is 23.4 Å². The molecule has 0 aromatic heterocycles. The maximum Gasteiger partial charge on any atom is 0.189 e. The highest BCUT2D eigenvalue weighted by atomic mass is 32.2. The number of nitrogens with zero attached hydrogens (tertiary/aromatic N) is 1. The fourth-order valence-electron chi connectivity index (χ4n) is 1.22. The van der Waals surface area contributed by atoms with Gasteiger partial charge in [-0.05, 0) is 17.5 Å². The van der Waals surface area contributed by atoms with E-state index < -0.39 is 0 Å². The second-order valence-corrected chi connectivity index (χ2v) is 3.63. The van der Waals surface area contributed by atoms with Crippen molar-refractivity contribution < 1.29 is 4.79 Å². The van der Waals surface area contributed by atoms with Crippen molar-refractivity contribution in [3.05, 3.63) is 35.9 Å². The highest BCUT2D eigenvalue weighted by molar-refractivity contribution is 7.99. The van der Waals surface area contributed by atoms with Crippen LogP contribution in [0.3, 0.4) is 0 Å². The van der Waals surface area contributed by atoms with Gasteiger partial charge in [0.15, 0.2) is 5.78 Å². The molecule has 0 N–H and O–H groups in total. The van der Waals surface area contributed by atoms with E-state index in [9.17, 15) is 4.79 Å². The SMILES string of the molecule is O=C1CSN=C1Cc1ccccc1. The van der Waals surface area contributed by atoms with Crippen LogP contribution in [0.1, 0.15) is 5.56 Å². The average Bonchev–Trinajstić information content (AvgIpc) is 2.54. The Morgan fingerprint density at radius 3 is 2.69 bits per heavy atom. The van der Waals surface area contributed by atoms with Gasteiger partial charge in [-0.1, -0.05) is 30.3 Å². The van der Waals surface area contributed by atoms with Crippen molar-refractivity contribution in [1.29, 1.82) is 0 Å². The largest absolute Gasteiger partial charge is 0.292 e. The Morgan fingerprint density at radius 1 is 1.31 bits per heavy atom. The van der Waals surface area contributed by atoms with Gasteiger partial charge in [0.1, 0.15) is 0 Å². The molecule has 1 aromatic carbocycles. The number of ketones is 1. The van der Waals surface area contributed by atoms with Crippen molar-refractivity contribution in [3.8, 4) is 0 Å². The van der Waals surface area contributed by atoms with E-state index in [0.717, 1.165) is 5.56 Å². The molecule has 0 saturated heterocycles. The van der Waals surface area contributed by atoms with E-state index in [1.54, 1.807) is 0 Å². The van der Waals surface area contributed by atoms with Gasteiger partial charge < -0.3 is 0 Å². The smallest absolute Gasteiger partial charge is 0.189 e. The Labute approximate surface area is 81.2 Å². The van der Waals surface area contributed by atoms with Crippen LogP contribution in [-0.2, 0) is 11.2 Å². The minimum Gasteiger partial charge on any atom is -0.292 e. The average molecular weight is 191 g/mol. The summed E-state index contributed by atoms with van der Waals surface area (Å²) in [7, 11) is 0. The first-order chi connectivity index (χ1) is 6.36. The lowest BCUT2D eigenvalue weighted by molar-refractivity contribution is -0.110. The van der Waals surface area contributed by atoms with E-state index in [4.69, 9.17) is 0 Å². The highest BCUT2D eigenvalue weighted by Crippen LogP contribution is 2.14. The molecule has 2 nitrogen and oxygen atoms in total. The third-order valence-electron chi connectivity index (χ3n) is 1.91. The molecule has 1 aromatic rings. The number of hydrogen-bond acceptors (Lipinski definition) is 3. The Hall–Kier alpha value is -1.09. The van der Waals surface area contributed by atoms with Crippen molar-refractivity contribution in [3.63, 3.8) is 0 Å². The second kappa shape index (κ2) is 3.75. The Bertz CT molecular complexity index is 345. The molecular formula is C10H9NOS. The van der Waals surface area contributed by atoms with Gasteiger partial charge in [0.05, 0.1) is 11.5 Å². The predicted octanol–water partition coefficient (Wildman–Crippen LogP) is 1.90. The number of benzene rings is 1. The number of carbonyl (C=O) groups is 1. The van der Waals surface area contributed by atoms with Crippen LogP contribution in [0.4, 0.5) is 0 Å². The molecule has 0 saturated carbocycles. The van der Waals surface area contributed by atoms with E-state index in [-0.39, 0.29) is 5.78 Å². The van der Waals surface area contributed by atoms with E-state index in [1.165, 1.54) is 11.9 Å². The second-order valence-electron chi connectivity index (χ2n) is 2.90. The minimum atomic E-state index is 0.175. The van der Waals surface area contributed by atoms with Crippen molar-refractivity contribution in [2.24, 2.45) is 4.40 Å². The maximum absolute atomic E-state index is 11.2. The molecule has 13 heavy (non-hydrogen) atoms. The Morgan fingerprint density at radius 2 is 2.08 bits per heavy atom. The predicted molar refractivity (Wildman–Crippen MR) is 55.0 cm³/mol. The Balaban J connectivity index is 2.11. The highest BCUT2D eigenvalue weighted by Gasteiger charge is 2.17. The fraction of sp³-hybridized carbons (Fsp3) is 0.200. The van der Waals surface area contributed by atoms with Crippen LogP contribution in [-0.4, -0.2) is 17.2 Å². The van der Waals surface area contributed by atoms with Crippen LogP contribution in [0.2, 0.25) is 0 Å². The molecule has 2 rings (SSSR count). The first-order valence-corrected chi connectivity index (χ1v) is 5.06. The molecule has 1 aliphatic rings. The summed E-state index contributed by atoms with van der Waals surface area (Å²) in [6.45, 7) is 0. The van der Waals surface area contributed by atoms with Crippen LogP contribution in [0.25, 0.3) is 0 Å². The molecule has 0 spiro atoms. The van der Waals surface area contributed by atoms with Crippen molar-refractivity contribution in [2.45, 2.75) is 6.42 Å². The summed E-state index contributed by atoms with van der Waals surface area (Å²) in [4.78, 5) is 11.2. The van der Waals surface area contributed by atoms with Crippen LogP contribution in [0, 0.1) is 0 Å². The molecule has 0 amide bonds. The molecule has 66 valence electrons. The monoisotopic (exact) mass is 191 g/mol. The summed E-state index contributed by atoms with van der Waals surface area (Å²) >= 11 is 1.35. The number of hydrogen-bond donors (Lipinski definition) is 0. The maximum atomic E-state index is 11.2. The molecule has 0 atom stereocenters. The molecule has 0 bridgehead atoms. The summed E-state index contributed by atoms with van der Waals surface area (Å²) in [6.07, 6.45) is 0.673. The molecule has 0 aliphatic carbocycles. The molecule has 0 radical (unpaired) electrons. The van der Waals surface area contributed by atoms with Crippen LogP contribution < -0.4 is 0 Å². The van der Waals surface area contributed by atoms with Gasteiger partial charge in [0.2, 0.25) is 0 Å². The summed E-state index contributed by atoms with van der Waals surface area (Å²) in [6, 6.07) is 9.94.